The molecule has 0 bridgehead atoms. The van der Waals surface area contributed by atoms with Crippen LogP contribution in [-0.2, 0) is 14.8 Å². The van der Waals surface area contributed by atoms with Gasteiger partial charge in [0.05, 0.1) is 30.9 Å². The fourth-order valence-corrected chi connectivity index (χ4v) is 7.28. The van der Waals surface area contributed by atoms with Crippen LogP contribution in [-0.4, -0.2) is 82.1 Å². The van der Waals surface area contributed by atoms with Gasteiger partial charge in [-0.15, -0.1) is 5.10 Å². The van der Waals surface area contributed by atoms with Crippen molar-refractivity contribution in [1.29, 1.82) is 0 Å². The van der Waals surface area contributed by atoms with Gasteiger partial charge in [0.1, 0.15) is 15.6 Å². The average molecular weight is 771 g/mol. The molecule has 0 spiro atoms. The van der Waals surface area contributed by atoms with Gasteiger partial charge >= 0.3 is 12.3 Å². The van der Waals surface area contributed by atoms with Crippen LogP contribution in [0.3, 0.4) is 0 Å². The maximum Gasteiger partial charge on any atom is 0.410 e. The van der Waals surface area contributed by atoms with Crippen LogP contribution in [0.4, 0.5) is 18.0 Å². The lowest BCUT2D eigenvalue weighted by Gasteiger charge is -2.33. The predicted molar refractivity (Wildman–Crippen MR) is 183 cm³/mol. The molecule has 13 nitrogen and oxygen atoms in total. The van der Waals surface area contributed by atoms with E-state index in [1.165, 1.54) is 41.2 Å². The number of halogens is 4. The summed E-state index contributed by atoms with van der Waals surface area (Å²) >= 11 is 6.23. The van der Waals surface area contributed by atoms with Gasteiger partial charge in [-0.05, 0) is 96.8 Å². The molecule has 3 unspecified atom stereocenters. The third kappa shape index (κ3) is 10.1. The Hall–Kier alpha value is -4.12. The number of sulfonamides is 1. The fraction of sp³-hybridized carbons (Fsp3) is 0.559. The average Bonchev–Trinajstić information content (AvgIpc) is 3.56. The van der Waals surface area contributed by atoms with Gasteiger partial charge in [0.15, 0.2) is 5.82 Å². The Morgan fingerprint density at radius 1 is 1.04 bits per heavy atom. The minimum absolute atomic E-state index is 0.0688. The number of nitrogens with one attached hydrogen (secondary N) is 1. The highest BCUT2D eigenvalue weighted by atomic mass is 35.5. The van der Waals surface area contributed by atoms with Crippen molar-refractivity contribution in [3.63, 3.8) is 0 Å². The van der Waals surface area contributed by atoms with E-state index in [4.69, 9.17) is 25.8 Å². The highest BCUT2D eigenvalue weighted by Crippen LogP contribution is 2.51. The van der Waals surface area contributed by atoms with Gasteiger partial charge in [0.25, 0.3) is 15.9 Å². The minimum Gasteiger partial charge on any atom is -0.478 e. The largest absolute Gasteiger partial charge is 0.478 e. The first-order valence-electron chi connectivity index (χ1n) is 16.8. The summed E-state index contributed by atoms with van der Waals surface area (Å²) in [5.41, 5.74) is -1.11. The van der Waals surface area contributed by atoms with Crippen LogP contribution in [0, 0.1) is 17.8 Å². The highest BCUT2D eigenvalue weighted by Gasteiger charge is 2.55. The van der Waals surface area contributed by atoms with Crippen molar-refractivity contribution in [2.75, 3.05) is 19.8 Å². The number of ether oxygens (including phenoxy) is 3. The van der Waals surface area contributed by atoms with E-state index in [9.17, 15) is 31.2 Å². The third-order valence-electron chi connectivity index (χ3n) is 8.79. The number of rotatable bonds is 13. The SMILES string of the molecule is CC(C)(C)OC(=O)N1CC(CCCOc2ccc(S(=O)(=O)NC(=O)c3ccc(-n4ccc(OCCC5CC5C(F)(F)F)n4)nc3Cl)cn2)CC1(C)C. The molecule has 3 atom stereocenters. The van der Waals surface area contributed by atoms with Crippen molar-refractivity contribution < 1.29 is 45.4 Å². The summed E-state index contributed by atoms with van der Waals surface area (Å²) in [6, 6.07) is 6.81. The quantitative estimate of drug-likeness (QED) is 0.149. The van der Waals surface area contributed by atoms with Crippen LogP contribution in [0.1, 0.15) is 77.1 Å². The molecule has 1 N–H and O–H groups in total. The Labute approximate surface area is 305 Å². The second-order valence-corrected chi connectivity index (χ2v) is 16.7. The maximum atomic E-state index is 12.9. The molecule has 0 radical (unpaired) electrons. The highest BCUT2D eigenvalue weighted by molar-refractivity contribution is 7.90. The number of carbonyl (C=O) groups excluding carboxylic acids is 2. The van der Waals surface area contributed by atoms with Gasteiger partial charge in [0, 0.05) is 30.4 Å². The molecule has 18 heteroatoms. The lowest BCUT2D eigenvalue weighted by atomic mass is 9.93. The molecule has 284 valence electrons. The van der Waals surface area contributed by atoms with E-state index in [2.05, 4.69) is 15.1 Å². The monoisotopic (exact) mass is 770 g/mol. The van der Waals surface area contributed by atoms with Gasteiger partial charge in [-0.2, -0.15) is 13.2 Å². The van der Waals surface area contributed by atoms with Crippen LogP contribution < -0.4 is 14.2 Å². The molecule has 4 heterocycles. The standard InChI is InChI=1S/C34H42ClF3N6O7S/c1-32(2,3)51-31(46)43-20-21(18-33(43,4)5)7-6-15-49-27-11-8-23(19-39-27)52(47,48)42-30(45)24-9-10-26(40-29(24)35)44-14-12-28(41-44)50-16-13-22-17-25(22)34(36,37)38/h8-12,14,19,21-22,25H,6-7,13,15-18,20H2,1-5H3,(H,42,45). The van der Waals surface area contributed by atoms with Crippen LogP contribution in [0.25, 0.3) is 5.82 Å². The zero-order valence-corrected chi connectivity index (χ0v) is 31.0. The summed E-state index contributed by atoms with van der Waals surface area (Å²) < 4.78 is 84.0. The summed E-state index contributed by atoms with van der Waals surface area (Å²) in [6.07, 6.45) is 0.745. The number of amides is 2. The molecule has 2 aliphatic rings. The Bertz CT molecular complexity index is 1870. The number of hydrogen-bond donors (Lipinski definition) is 1. The van der Waals surface area contributed by atoms with Crippen molar-refractivity contribution in [3.8, 4) is 17.6 Å². The Kier molecular flexibility index (Phi) is 11.3. The van der Waals surface area contributed by atoms with Crippen LogP contribution in [0.5, 0.6) is 11.8 Å². The van der Waals surface area contributed by atoms with Gasteiger partial charge in [-0.25, -0.2) is 32.6 Å². The Morgan fingerprint density at radius 3 is 2.40 bits per heavy atom. The second-order valence-electron chi connectivity index (χ2n) is 14.6. The molecule has 1 aliphatic heterocycles. The molecule has 3 aromatic heterocycles. The summed E-state index contributed by atoms with van der Waals surface area (Å²) in [4.78, 5) is 35.2. The molecule has 0 aromatic carbocycles. The van der Waals surface area contributed by atoms with E-state index in [0.29, 0.717) is 19.6 Å². The summed E-state index contributed by atoms with van der Waals surface area (Å²) in [5, 5.41) is 3.88. The first kappa shape index (κ1) is 39.1. The zero-order chi connectivity index (χ0) is 38.1. The maximum absolute atomic E-state index is 12.9. The predicted octanol–water partition coefficient (Wildman–Crippen LogP) is 6.60. The van der Waals surface area contributed by atoms with Gasteiger partial charge in [-0.3, -0.25) is 4.79 Å². The van der Waals surface area contributed by atoms with E-state index in [1.807, 2.05) is 39.3 Å². The lowest BCUT2D eigenvalue weighted by molar-refractivity contribution is -0.151. The number of pyridine rings is 2. The van der Waals surface area contributed by atoms with Gasteiger partial charge in [0.2, 0.25) is 11.8 Å². The molecule has 1 saturated carbocycles. The zero-order valence-electron chi connectivity index (χ0n) is 29.4. The molecule has 1 aliphatic carbocycles. The normalized spacial score (nSPS) is 20.0. The van der Waals surface area contributed by atoms with E-state index in [1.54, 1.807) is 4.90 Å². The fourth-order valence-electron chi connectivity index (χ4n) is 6.13. The molecule has 1 saturated heterocycles. The van der Waals surface area contributed by atoms with Crippen LogP contribution >= 0.6 is 11.6 Å². The minimum atomic E-state index is -4.34. The molecule has 2 amide bonds. The first-order chi connectivity index (χ1) is 24.2. The van der Waals surface area contributed by atoms with Gasteiger partial charge in [-0.1, -0.05) is 11.6 Å². The van der Waals surface area contributed by atoms with Crippen molar-refractivity contribution in [2.45, 2.75) is 88.9 Å². The van der Waals surface area contributed by atoms with E-state index >= 15 is 0 Å². The number of aromatic nitrogens is 4. The molecular weight excluding hydrogens is 729 g/mol. The van der Waals surface area contributed by atoms with Crippen molar-refractivity contribution in [3.05, 3.63) is 53.4 Å². The van der Waals surface area contributed by atoms with Crippen LogP contribution in [0.15, 0.2) is 47.6 Å². The van der Waals surface area contributed by atoms with Crippen molar-refractivity contribution in [1.82, 2.24) is 29.4 Å². The Morgan fingerprint density at radius 2 is 1.77 bits per heavy atom. The first-order valence-corrected chi connectivity index (χ1v) is 18.7. The van der Waals surface area contributed by atoms with Crippen molar-refractivity contribution in [2.24, 2.45) is 17.8 Å². The molecule has 52 heavy (non-hydrogen) atoms. The topological polar surface area (TPSA) is 155 Å². The molecular formula is C34H42ClF3N6O7S. The van der Waals surface area contributed by atoms with E-state index in [0.717, 1.165) is 19.0 Å². The van der Waals surface area contributed by atoms with E-state index in [-0.39, 0.29) is 70.2 Å². The number of hydrogen-bond acceptors (Lipinski definition) is 10. The number of carbonyl (C=O) groups is 2. The smallest absolute Gasteiger partial charge is 0.410 e. The summed E-state index contributed by atoms with van der Waals surface area (Å²) in [5.74, 6) is -1.91. The molecule has 2 fully saturated rings. The lowest BCUT2D eigenvalue weighted by Crippen LogP contribution is -2.45. The number of alkyl halides is 3. The van der Waals surface area contributed by atoms with Crippen LogP contribution in [0.2, 0.25) is 5.15 Å². The second kappa shape index (κ2) is 15.1. The summed E-state index contributed by atoms with van der Waals surface area (Å²) in [6.45, 7) is 10.6. The van der Waals surface area contributed by atoms with Crippen molar-refractivity contribution >= 4 is 33.6 Å². The number of nitrogens with zero attached hydrogens (tertiary/aromatic N) is 5. The number of likely N-dealkylation sites (tertiary alicyclic amines) is 1. The van der Waals surface area contributed by atoms with Gasteiger partial charge < -0.3 is 19.1 Å². The van der Waals surface area contributed by atoms with E-state index < -0.39 is 39.5 Å². The summed E-state index contributed by atoms with van der Waals surface area (Å²) in [7, 11) is -4.34. The molecule has 5 rings (SSSR count). The Balaban J connectivity index is 1.07. The third-order valence-corrected chi connectivity index (χ3v) is 10.4. The molecule has 3 aromatic rings.